The highest BCUT2D eigenvalue weighted by atomic mass is 32.1. The van der Waals surface area contributed by atoms with Crippen LogP contribution in [0.5, 0.6) is 5.75 Å². The monoisotopic (exact) mass is 401 g/mol. The van der Waals surface area contributed by atoms with Gasteiger partial charge in [0.1, 0.15) is 12.0 Å². The van der Waals surface area contributed by atoms with E-state index in [2.05, 4.69) is 5.32 Å². The summed E-state index contributed by atoms with van der Waals surface area (Å²) in [5.74, 6) is -2.72. The van der Waals surface area contributed by atoms with E-state index < -0.39 is 18.5 Å². The van der Waals surface area contributed by atoms with Crippen LogP contribution in [0.1, 0.15) is 25.6 Å². The van der Waals surface area contributed by atoms with Gasteiger partial charge in [-0.3, -0.25) is 4.79 Å². The average molecular weight is 401 g/mol. The van der Waals surface area contributed by atoms with Gasteiger partial charge in [-0.1, -0.05) is 12.1 Å². The summed E-state index contributed by atoms with van der Waals surface area (Å²) in [6, 6.07) is 8.41. The lowest BCUT2D eigenvalue weighted by atomic mass is 10.1. The van der Waals surface area contributed by atoms with Crippen LogP contribution in [-0.2, 0) is 4.79 Å². The van der Waals surface area contributed by atoms with Gasteiger partial charge < -0.3 is 24.7 Å². The van der Waals surface area contributed by atoms with Gasteiger partial charge in [-0.2, -0.15) is 0 Å². The van der Waals surface area contributed by atoms with E-state index in [9.17, 15) is 19.5 Å². The molecule has 0 radical (unpaired) electrons. The van der Waals surface area contributed by atoms with Crippen LogP contribution < -0.4 is 10.1 Å². The summed E-state index contributed by atoms with van der Waals surface area (Å²) >= 11 is 0.979. The second-order valence-corrected chi connectivity index (χ2v) is 6.77. The average Bonchev–Trinajstić information content (AvgIpc) is 3.28. The summed E-state index contributed by atoms with van der Waals surface area (Å²) in [6.07, 6.45) is 2.72. The normalized spacial score (nSPS) is 10.5. The Morgan fingerprint density at radius 1 is 1.21 bits per heavy atom. The predicted molar refractivity (Wildman–Crippen MR) is 101 cm³/mol. The van der Waals surface area contributed by atoms with E-state index in [1.165, 1.54) is 18.6 Å². The number of carbonyl (C=O) groups is 3. The molecule has 0 spiro atoms. The van der Waals surface area contributed by atoms with Crippen LogP contribution in [0.3, 0.4) is 0 Å². The molecule has 2 heterocycles. The van der Waals surface area contributed by atoms with Gasteiger partial charge in [0.25, 0.3) is 5.91 Å². The number of nitrogens with one attached hydrogen (secondary N) is 1. The number of carboxylic acid groups (broad SMARTS) is 2. The fourth-order valence-electron chi connectivity index (χ4n) is 2.56. The maximum absolute atomic E-state index is 12.2. The number of anilines is 1. The lowest BCUT2D eigenvalue weighted by Gasteiger charge is -2.07. The summed E-state index contributed by atoms with van der Waals surface area (Å²) in [4.78, 5) is 35.0. The molecule has 8 nitrogen and oxygen atoms in total. The summed E-state index contributed by atoms with van der Waals surface area (Å²) in [6.45, 7) is 1.02. The first-order chi connectivity index (χ1) is 13.4. The second-order valence-electron chi connectivity index (χ2n) is 5.75. The minimum atomic E-state index is -1.20. The molecule has 0 saturated carbocycles. The fraction of sp³-hybridized carbons (Fsp3) is 0.105. The Labute approximate surface area is 163 Å². The van der Waals surface area contributed by atoms with Crippen LogP contribution >= 0.6 is 11.3 Å². The van der Waals surface area contributed by atoms with Crippen molar-refractivity contribution in [3.05, 3.63) is 58.9 Å². The van der Waals surface area contributed by atoms with E-state index in [-0.39, 0.29) is 16.5 Å². The van der Waals surface area contributed by atoms with E-state index in [0.29, 0.717) is 27.3 Å². The van der Waals surface area contributed by atoms with Gasteiger partial charge in [-0.15, -0.1) is 11.3 Å². The molecular weight excluding hydrogens is 386 g/mol. The van der Waals surface area contributed by atoms with Crippen LogP contribution in [0.2, 0.25) is 0 Å². The number of furan rings is 1. The third kappa shape index (κ3) is 4.04. The van der Waals surface area contributed by atoms with Crippen molar-refractivity contribution in [2.75, 3.05) is 11.9 Å². The van der Waals surface area contributed by atoms with Crippen molar-refractivity contribution in [1.82, 2.24) is 0 Å². The Morgan fingerprint density at radius 2 is 2.00 bits per heavy atom. The number of amides is 1. The number of carboxylic acids is 2. The zero-order valence-electron chi connectivity index (χ0n) is 14.6. The van der Waals surface area contributed by atoms with Gasteiger partial charge in [0.2, 0.25) is 0 Å². The molecule has 1 aromatic carbocycles. The molecule has 3 N–H and O–H groups in total. The Morgan fingerprint density at radius 3 is 2.64 bits per heavy atom. The van der Waals surface area contributed by atoms with Crippen molar-refractivity contribution in [2.24, 2.45) is 0 Å². The van der Waals surface area contributed by atoms with Crippen LogP contribution in [0.4, 0.5) is 5.69 Å². The van der Waals surface area contributed by atoms with Crippen molar-refractivity contribution in [2.45, 2.75) is 6.92 Å². The Hall–Kier alpha value is -3.59. The standard InChI is InChI=1S/C19H15NO7S/c1-10-15(27-9-14(21)22)17(19(24)25)28-16(10)11-3-2-4-13(7-11)20-18(23)12-5-6-26-8-12/h2-8H,9H2,1H3,(H,20,23)(H,21,22)(H,24,25). The van der Waals surface area contributed by atoms with Crippen molar-refractivity contribution in [1.29, 1.82) is 0 Å². The van der Waals surface area contributed by atoms with Crippen LogP contribution in [0.25, 0.3) is 10.4 Å². The van der Waals surface area contributed by atoms with E-state index in [4.69, 9.17) is 14.3 Å². The Kier molecular flexibility index (Phi) is 5.46. The van der Waals surface area contributed by atoms with Gasteiger partial charge >= 0.3 is 11.9 Å². The fourth-order valence-corrected chi connectivity index (χ4v) is 3.64. The summed E-state index contributed by atoms with van der Waals surface area (Å²) in [5, 5.41) is 21.0. The molecule has 3 aromatic rings. The highest BCUT2D eigenvalue weighted by molar-refractivity contribution is 7.18. The molecule has 0 aliphatic rings. The number of ether oxygens (including phenoxy) is 1. The maximum Gasteiger partial charge on any atom is 0.349 e. The van der Waals surface area contributed by atoms with Gasteiger partial charge in [0.15, 0.2) is 11.5 Å². The molecule has 0 fully saturated rings. The second kappa shape index (κ2) is 7.97. The maximum atomic E-state index is 12.2. The first kappa shape index (κ1) is 19.2. The van der Waals surface area contributed by atoms with E-state index >= 15 is 0 Å². The molecule has 0 bridgehead atoms. The topological polar surface area (TPSA) is 126 Å². The number of aliphatic carboxylic acids is 1. The number of benzene rings is 1. The lowest BCUT2D eigenvalue weighted by Crippen LogP contribution is -2.11. The number of rotatable bonds is 7. The van der Waals surface area contributed by atoms with E-state index in [1.807, 2.05) is 0 Å². The number of carbonyl (C=O) groups excluding carboxylic acids is 1. The molecule has 0 saturated heterocycles. The van der Waals surface area contributed by atoms with E-state index in [0.717, 1.165) is 11.3 Å². The highest BCUT2D eigenvalue weighted by Crippen LogP contribution is 2.42. The van der Waals surface area contributed by atoms with Crippen molar-refractivity contribution >= 4 is 34.9 Å². The summed E-state index contributed by atoms with van der Waals surface area (Å²) < 4.78 is 10.1. The number of thiophene rings is 1. The molecule has 144 valence electrons. The minimum Gasteiger partial charge on any atom is -0.480 e. The molecule has 2 aromatic heterocycles. The minimum absolute atomic E-state index is 0.0303. The van der Waals surface area contributed by atoms with Gasteiger partial charge in [-0.05, 0) is 30.7 Å². The SMILES string of the molecule is Cc1c(-c2cccc(NC(=O)c3ccoc3)c2)sc(C(=O)O)c1OCC(=O)O. The van der Waals surface area contributed by atoms with Gasteiger partial charge in [0, 0.05) is 16.1 Å². The molecule has 9 heteroatoms. The zero-order valence-corrected chi connectivity index (χ0v) is 15.4. The molecule has 0 aliphatic heterocycles. The van der Waals surface area contributed by atoms with Crippen LogP contribution in [-0.4, -0.2) is 34.7 Å². The van der Waals surface area contributed by atoms with Gasteiger partial charge in [0.05, 0.1) is 11.8 Å². The number of hydrogen-bond acceptors (Lipinski definition) is 6. The number of hydrogen-bond donors (Lipinski definition) is 3. The van der Waals surface area contributed by atoms with E-state index in [1.54, 1.807) is 31.2 Å². The Bertz CT molecular complexity index is 1040. The van der Waals surface area contributed by atoms with Crippen molar-refractivity contribution in [3.63, 3.8) is 0 Å². The third-order valence-electron chi connectivity index (χ3n) is 3.79. The number of aromatic carboxylic acids is 1. The predicted octanol–water partition coefficient (Wildman–Crippen LogP) is 3.73. The van der Waals surface area contributed by atoms with Gasteiger partial charge in [-0.25, -0.2) is 9.59 Å². The third-order valence-corrected chi connectivity index (χ3v) is 5.10. The quantitative estimate of drug-likeness (QED) is 0.550. The smallest absolute Gasteiger partial charge is 0.349 e. The summed E-state index contributed by atoms with van der Waals surface area (Å²) in [5.41, 5.74) is 2.07. The van der Waals surface area contributed by atoms with Crippen molar-refractivity contribution in [3.8, 4) is 16.2 Å². The first-order valence-corrected chi connectivity index (χ1v) is 8.83. The van der Waals surface area contributed by atoms with Crippen LogP contribution in [0, 0.1) is 6.92 Å². The largest absolute Gasteiger partial charge is 0.480 e. The molecular formula is C19H15NO7S. The molecule has 0 unspecified atom stereocenters. The Balaban J connectivity index is 1.93. The molecule has 0 aliphatic carbocycles. The molecule has 0 atom stereocenters. The summed E-state index contributed by atoms with van der Waals surface area (Å²) in [7, 11) is 0. The van der Waals surface area contributed by atoms with Crippen LogP contribution in [0.15, 0.2) is 47.3 Å². The zero-order chi connectivity index (χ0) is 20.3. The molecule has 1 amide bonds. The highest BCUT2D eigenvalue weighted by Gasteiger charge is 2.23. The molecule has 3 rings (SSSR count). The molecule has 28 heavy (non-hydrogen) atoms. The lowest BCUT2D eigenvalue weighted by molar-refractivity contribution is -0.139. The van der Waals surface area contributed by atoms with Crippen molar-refractivity contribution < 1.29 is 33.8 Å². The first-order valence-electron chi connectivity index (χ1n) is 8.02.